The number of piperidine rings is 1. The second-order valence-corrected chi connectivity index (χ2v) is 4.95. The lowest BCUT2D eigenvalue weighted by Crippen LogP contribution is -2.55. The first kappa shape index (κ1) is 10.6. The van der Waals surface area contributed by atoms with Crippen molar-refractivity contribution in [1.29, 1.82) is 0 Å². The first-order valence-corrected chi connectivity index (χ1v) is 6.01. The number of hydrogen-bond donors (Lipinski definition) is 3. The normalized spacial score (nSPS) is 34.6. The standard InChI is InChI=1S/C13H16N2O2/c1-7-12-9(6-11(14-7)13(16)17)8-4-2-3-5-10(8)15-12/h2-5,7,9,11-12,14-15H,6H2,1H3,(H,16,17). The van der Waals surface area contributed by atoms with Crippen molar-refractivity contribution in [2.75, 3.05) is 5.32 Å². The molecule has 17 heavy (non-hydrogen) atoms. The predicted octanol–water partition coefficient (Wildman–Crippen LogP) is 1.40. The maximum atomic E-state index is 11.1. The second kappa shape index (κ2) is 3.74. The molecule has 0 aromatic heterocycles. The van der Waals surface area contributed by atoms with Gasteiger partial charge in [0.25, 0.3) is 0 Å². The number of para-hydroxylation sites is 1. The van der Waals surface area contributed by atoms with E-state index in [9.17, 15) is 4.79 Å². The van der Waals surface area contributed by atoms with Gasteiger partial charge in [0.05, 0.1) is 0 Å². The van der Waals surface area contributed by atoms with E-state index < -0.39 is 12.0 Å². The van der Waals surface area contributed by atoms with E-state index in [2.05, 4.69) is 22.8 Å². The van der Waals surface area contributed by atoms with E-state index in [4.69, 9.17) is 5.11 Å². The summed E-state index contributed by atoms with van der Waals surface area (Å²) < 4.78 is 0. The van der Waals surface area contributed by atoms with E-state index in [1.54, 1.807) is 0 Å². The Hall–Kier alpha value is -1.55. The van der Waals surface area contributed by atoms with Crippen LogP contribution in [0.25, 0.3) is 0 Å². The topological polar surface area (TPSA) is 61.4 Å². The highest BCUT2D eigenvalue weighted by Crippen LogP contribution is 2.41. The number of carbonyl (C=O) groups is 1. The zero-order valence-electron chi connectivity index (χ0n) is 9.68. The summed E-state index contributed by atoms with van der Waals surface area (Å²) in [5.41, 5.74) is 2.42. The van der Waals surface area contributed by atoms with Crippen LogP contribution in [0.15, 0.2) is 24.3 Å². The lowest BCUT2D eigenvalue weighted by atomic mass is 9.82. The van der Waals surface area contributed by atoms with E-state index in [1.165, 1.54) is 5.56 Å². The van der Waals surface area contributed by atoms with Crippen LogP contribution >= 0.6 is 0 Å². The Morgan fingerprint density at radius 1 is 1.41 bits per heavy atom. The fourth-order valence-electron chi connectivity index (χ4n) is 3.09. The van der Waals surface area contributed by atoms with Crippen LogP contribution in [0.2, 0.25) is 0 Å². The molecule has 0 radical (unpaired) electrons. The Balaban J connectivity index is 1.94. The van der Waals surface area contributed by atoms with Crippen molar-refractivity contribution in [2.24, 2.45) is 0 Å². The molecule has 1 saturated heterocycles. The summed E-state index contributed by atoms with van der Waals surface area (Å²) in [6.07, 6.45) is 0.661. The van der Waals surface area contributed by atoms with Crippen molar-refractivity contribution in [2.45, 2.75) is 37.4 Å². The van der Waals surface area contributed by atoms with Crippen LogP contribution in [0.3, 0.4) is 0 Å². The zero-order valence-corrected chi connectivity index (χ0v) is 9.68. The summed E-state index contributed by atoms with van der Waals surface area (Å²) in [5.74, 6) is -0.441. The van der Waals surface area contributed by atoms with E-state index in [-0.39, 0.29) is 6.04 Å². The van der Waals surface area contributed by atoms with Crippen LogP contribution in [0, 0.1) is 0 Å². The lowest BCUT2D eigenvalue weighted by Gasteiger charge is -2.36. The molecule has 3 N–H and O–H groups in total. The molecule has 0 spiro atoms. The highest BCUT2D eigenvalue weighted by atomic mass is 16.4. The quantitative estimate of drug-likeness (QED) is 0.685. The van der Waals surface area contributed by atoms with Gasteiger partial charge in [0.2, 0.25) is 0 Å². The third-order valence-electron chi connectivity index (χ3n) is 3.91. The largest absolute Gasteiger partial charge is 0.480 e. The van der Waals surface area contributed by atoms with Gasteiger partial charge in [-0.1, -0.05) is 18.2 Å². The van der Waals surface area contributed by atoms with Crippen molar-refractivity contribution in [3.63, 3.8) is 0 Å². The maximum absolute atomic E-state index is 11.1. The minimum atomic E-state index is -0.750. The number of carboxylic acids is 1. The molecule has 1 aromatic carbocycles. The number of aliphatic carboxylic acids is 1. The summed E-state index contributed by atoms with van der Waals surface area (Å²) in [4.78, 5) is 11.1. The third kappa shape index (κ3) is 1.60. The van der Waals surface area contributed by atoms with E-state index in [0.29, 0.717) is 18.4 Å². The molecule has 2 aliphatic rings. The van der Waals surface area contributed by atoms with E-state index in [0.717, 1.165) is 5.69 Å². The summed E-state index contributed by atoms with van der Waals surface area (Å²) in [7, 11) is 0. The van der Waals surface area contributed by atoms with Gasteiger partial charge in [-0.3, -0.25) is 10.1 Å². The van der Waals surface area contributed by atoms with E-state index >= 15 is 0 Å². The van der Waals surface area contributed by atoms with Gasteiger partial charge < -0.3 is 10.4 Å². The second-order valence-electron chi connectivity index (χ2n) is 4.95. The highest BCUT2D eigenvalue weighted by Gasteiger charge is 2.42. The Bertz CT molecular complexity index is 460. The molecule has 2 aliphatic heterocycles. The summed E-state index contributed by atoms with van der Waals surface area (Å²) in [5, 5.41) is 15.8. The number of anilines is 1. The summed E-state index contributed by atoms with van der Waals surface area (Å²) in [6.45, 7) is 2.05. The van der Waals surface area contributed by atoms with Gasteiger partial charge >= 0.3 is 5.97 Å². The lowest BCUT2D eigenvalue weighted by molar-refractivity contribution is -0.140. The summed E-state index contributed by atoms with van der Waals surface area (Å²) in [6, 6.07) is 8.24. The van der Waals surface area contributed by atoms with Crippen LogP contribution in [-0.2, 0) is 4.79 Å². The average molecular weight is 232 g/mol. The molecule has 0 saturated carbocycles. The van der Waals surface area contributed by atoms with Crippen LogP contribution < -0.4 is 10.6 Å². The van der Waals surface area contributed by atoms with Gasteiger partial charge in [0.15, 0.2) is 0 Å². The van der Waals surface area contributed by atoms with Crippen molar-refractivity contribution in [1.82, 2.24) is 5.32 Å². The number of carboxylic acid groups (broad SMARTS) is 1. The van der Waals surface area contributed by atoms with Crippen molar-refractivity contribution >= 4 is 11.7 Å². The van der Waals surface area contributed by atoms with Crippen molar-refractivity contribution in [3.05, 3.63) is 29.8 Å². The van der Waals surface area contributed by atoms with Crippen LogP contribution in [0.5, 0.6) is 0 Å². The molecule has 90 valence electrons. The summed E-state index contributed by atoms with van der Waals surface area (Å²) >= 11 is 0. The number of rotatable bonds is 1. The highest BCUT2D eigenvalue weighted by molar-refractivity contribution is 5.74. The number of nitrogens with one attached hydrogen (secondary N) is 2. The maximum Gasteiger partial charge on any atom is 0.320 e. The van der Waals surface area contributed by atoms with Gasteiger partial charge in [-0.05, 0) is 25.0 Å². The first-order valence-electron chi connectivity index (χ1n) is 6.01. The fraction of sp³-hybridized carbons (Fsp3) is 0.462. The van der Waals surface area contributed by atoms with Crippen molar-refractivity contribution in [3.8, 4) is 0 Å². The molecule has 4 atom stereocenters. The van der Waals surface area contributed by atoms with Gasteiger partial charge in [-0.2, -0.15) is 0 Å². The number of hydrogen-bond acceptors (Lipinski definition) is 3. The predicted molar refractivity (Wildman–Crippen MR) is 65.2 cm³/mol. The van der Waals surface area contributed by atoms with Crippen LogP contribution in [-0.4, -0.2) is 29.2 Å². The zero-order chi connectivity index (χ0) is 12.0. The van der Waals surface area contributed by atoms with E-state index in [1.807, 2.05) is 19.1 Å². The fourth-order valence-corrected chi connectivity index (χ4v) is 3.09. The molecule has 4 heteroatoms. The average Bonchev–Trinajstić information content (AvgIpc) is 2.68. The molecule has 0 amide bonds. The number of benzene rings is 1. The SMILES string of the molecule is CC1NC(C(=O)O)CC2c3ccccc3NC12. The van der Waals surface area contributed by atoms with Crippen molar-refractivity contribution < 1.29 is 9.90 Å². The Kier molecular flexibility index (Phi) is 2.33. The van der Waals surface area contributed by atoms with Gasteiger partial charge in [0, 0.05) is 23.7 Å². The molecule has 3 rings (SSSR count). The number of fused-ring (bicyclic) bond motifs is 3. The molecular weight excluding hydrogens is 216 g/mol. The molecule has 0 bridgehead atoms. The Morgan fingerprint density at radius 3 is 2.94 bits per heavy atom. The minimum Gasteiger partial charge on any atom is -0.480 e. The Labute approximate surface area is 100 Å². The molecule has 4 nitrogen and oxygen atoms in total. The molecule has 1 aromatic rings. The minimum absolute atomic E-state index is 0.169. The molecule has 4 unspecified atom stereocenters. The third-order valence-corrected chi connectivity index (χ3v) is 3.91. The Morgan fingerprint density at radius 2 is 2.18 bits per heavy atom. The van der Waals surface area contributed by atoms with Gasteiger partial charge in [-0.15, -0.1) is 0 Å². The van der Waals surface area contributed by atoms with Crippen LogP contribution in [0.4, 0.5) is 5.69 Å². The van der Waals surface area contributed by atoms with Gasteiger partial charge in [-0.25, -0.2) is 0 Å². The monoisotopic (exact) mass is 232 g/mol. The molecule has 1 fully saturated rings. The smallest absolute Gasteiger partial charge is 0.320 e. The molecule has 2 heterocycles. The van der Waals surface area contributed by atoms with Crippen LogP contribution in [0.1, 0.15) is 24.8 Å². The molecular formula is C13H16N2O2. The van der Waals surface area contributed by atoms with Gasteiger partial charge in [0.1, 0.15) is 6.04 Å². The molecule has 0 aliphatic carbocycles. The first-order chi connectivity index (χ1) is 8.16.